The fourth-order valence-corrected chi connectivity index (χ4v) is 4.45. The molecule has 1 saturated heterocycles. The van der Waals surface area contributed by atoms with Crippen LogP contribution < -0.4 is 21.5 Å². The Morgan fingerprint density at radius 1 is 1.16 bits per heavy atom. The van der Waals surface area contributed by atoms with Gasteiger partial charge in [0, 0.05) is 26.2 Å². The first-order valence-electron chi connectivity index (χ1n) is 9.73. The summed E-state index contributed by atoms with van der Waals surface area (Å²) in [6.45, 7) is 5.63. The molecule has 1 atom stereocenters. The first kappa shape index (κ1) is 25.1. The van der Waals surface area contributed by atoms with E-state index in [9.17, 15) is 8.42 Å². The summed E-state index contributed by atoms with van der Waals surface area (Å²) in [4.78, 5) is 0.229. The molecular weight excluding hydrogens is 458 g/mol. The largest absolute Gasteiger partial charge is 0.369 e. The third-order valence-corrected chi connectivity index (χ3v) is 6.41. The van der Waals surface area contributed by atoms with Crippen LogP contribution in [0.2, 0.25) is 0 Å². The highest BCUT2D eigenvalue weighted by molar-refractivity contribution is 7.89. The Hall–Kier alpha value is -2.19. The average Bonchev–Trinajstić information content (AvgIpc) is 2.77. The second-order valence-corrected chi connectivity index (χ2v) is 9.03. The number of rotatable bonds is 8. The van der Waals surface area contributed by atoms with Crippen molar-refractivity contribution in [3.63, 3.8) is 0 Å². The van der Waals surface area contributed by atoms with Gasteiger partial charge in [0.25, 0.3) is 0 Å². The molecule has 1 heterocycles. The van der Waals surface area contributed by atoms with Gasteiger partial charge in [-0.25, -0.2) is 8.42 Å². The summed E-state index contributed by atoms with van der Waals surface area (Å²) >= 11 is 10.2. The van der Waals surface area contributed by atoms with Crippen LogP contribution >= 0.6 is 24.4 Å². The standard InChI is InChI=1S/C18H27N7O3S3/c1-3-19-17(29)23-21-12-15(22-24-18(30)20-4-2)16-13-25(10-11-28-16)31(26,27)14-8-6-5-7-9-14/h5-9,12,16H,3-4,10-11,13H2,1-2H3,(H2,19,23,29)(H2,20,24,30)/b21-12+,22-15-. The predicted molar refractivity (Wildman–Crippen MR) is 130 cm³/mol. The summed E-state index contributed by atoms with van der Waals surface area (Å²) in [7, 11) is -3.66. The zero-order valence-electron chi connectivity index (χ0n) is 17.4. The molecule has 0 saturated carbocycles. The molecule has 1 unspecified atom stereocenters. The summed E-state index contributed by atoms with van der Waals surface area (Å²) in [5.41, 5.74) is 5.76. The third kappa shape index (κ3) is 7.78. The van der Waals surface area contributed by atoms with Crippen LogP contribution in [0.1, 0.15) is 13.8 Å². The maximum atomic E-state index is 13.0. The average molecular weight is 486 g/mol. The summed E-state index contributed by atoms with van der Waals surface area (Å²) in [6.07, 6.45) is 0.775. The van der Waals surface area contributed by atoms with Gasteiger partial charge in [0.1, 0.15) is 11.8 Å². The highest BCUT2D eigenvalue weighted by atomic mass is 32.2. The van der Waals surface area contributed by atoms with Crippen LogP contribution in [0.5, 0.6) is 0 Å². The molecule has 1 aromatic carbocycles. The second-order valence-electron chi connectivity index (χ2n) is 6.27. The third-order valence-electron chi connectivity index (χ3n) is 4.06. The monoisotopic (exact) mass is 485 g/mol. The van der Waals surface area contributed by atoms with Crippen LogP contribution in [0.4, 0.5) is 0 Å². The van der Waals surface area contributed by atoms with E-state index < -0.39 is 16.1 Å². The van der Waals surface area contributed by atoms with E-state index >= 15 is 0 Å². The number of thiocarbonyl (C=S) groups is 2. The lowest BCUT2D eigenvalue weighted by atomic mass is 10.2. The summed E-state index contributed by atoms with van der Waals surface area (Å²) in [5.74, 6) is 0. The van der Waals surface area contributed by atoms with Crippen LogP contribution in [0.25, 0.3) is 0 Å². The minimum absolute atomic E-state index is 0.0788. The van der Waals surface area contributed by atoms with E-state index in [4.69, 9.17) is 29.2 Å². The SMILES string of the molecule is CCNC(=S)N/N=C(/C=N/NC(=S)NCC)C1CN(S(=O)(=O)c2ccccc2)CCO1. The van der Waals surface area contributed by atoms with Crippen LogP contribution in [-0.4, -0.2) is 73.8 Å². The first-order valence-corrected chi connectivity index (χ1v) is 12.0. The molecule has 10 nitrogen and oxygen atoms in total. The van der Waals surface area contributed by atoms with Crippen molar-refractivity contribution in [2.75, 3.05) is 32.8 Å². The fraction of sp³-hybridized carbons (Fsp3) is 0.444. The van der Waals surface area contributed by atoms with Crippen molar-refractivity contribution >= 4 is 56.6 Å². The van der Waals surface area contributed by atoms with Gasteiger partial charge in [-0.15, -0.1) is 0 Å². The second kappa shape index (κ2) is 12.6. The van der Waals surface area contributed by atoms with Crippen LogP contribution in [0.3, 0.4) is 0 Å². The van der Waals surface area contributed by atoms with E-state index in [2.05, 4.69) is 31.7 Å². The lowest BCUT2D eigenvalue weighted by Gasteiger charge is -2.32. The van der Waals surface area contributed by atoms with Crippen molar-refractivity contribution in [3.8, 4) is 0 Å². The number of ether oxygens (including phenoxy) is 1. The number of morpholine rings is 1. The highest BCUT2D eigenvalue weighted by Gasteiger charge is 2.32. The maximum Gasteiger partial charge on any atom is 0.243 e. The molecule has 31 heavy (non-hydrogen) atoms. The fourth-order valence-electron chi connectivity index (χ4n) is 2.62. The number of hydrogen-bond acceptors (Lipinski definition) is 7. The molecule has 0 amide bonds. The van der Waals surface area contributed by atoms with Gasteiger partial charge in [0.2, 0.25) is 10.0 Å². The number of hydrazone groups is 2. The molecule has 4 N–H and O–H groups in total. The minimum atomic E-state index is -3.66. The van der Waals surface area contributed by atoms with Gasteiger partial charge in [0.05, 0.1) is 17.7 Å². The van der Waals surface area contributed by atoms with E-state index in [1.54, 1.807) is 30.3 Å². The predicted octanol–water partition coefficient (Wildman–Crippen LogP) is 0.386. The highest BCUT2D eigenvalue weighted by Crippen LogP contribution is 2.18. The molecule has 1 aliphatic heterocycles. The zero-order chi connectivity index (χ0) is 22.7. The first-order chi connectivity index (χ1) is 14.9. The van der Waals surface area contributed by atoms with Gasteiger partial charge < -0.3 is 15.4 Å². The Morgan fingerprint density at radius 2 is 1.81 bits per heavy atom. The van der Waals surface area contributed by atoms with Gasteiger partial charge in [-0.2, -0.15) is 14.5 Å². The number of benzene rings is 1. The van der Waals surface area contributed by atoms with Crippen molar-refractivity contribution in [3.05, 3.63) is 30.3 Å². The molecular formula is C18H27N7O3S3. The molecule has 13 heteroatoms. The molecule has 1 aromatic rings. The Kier molecular flexibility index (Phi) is 10.2. The quantitative estimate of drug-likeness (QED) is 0.235. The van der Waals surface area contributed by atoms with E-state index in [-0.39, 0.29) is 24.6 Å². The Bertz CT molecular complexity index is 907. The number of hydrogen-bond donors (Lipinski definition) is 4. The molecule has 2 rings (SSSR count). The van der Waals surface area contributed by atoms with Gasteiger partial charge in [-0.1, -0.05) is 18.2 Å². The van der Waals surface area contributed by atoms with Crippen LogP contribution in [0, 0.1) is 0 Å². The number of nitrogens with zero attached hydrogens (tertiary/aromatic N) is 3. The van der Waals surface area contributed by atoms with Gasteiger partial charge in [-0.3, -0.25) is 10.9 Å². The zero-order valence-corrected chi connectivity index (χ0v) is 19.8. The Labute approximate surface area is 193 Å². The van der Waals surface area contributed by atoms with Gasteiger partial charge in [0.15, 0.2) is 10.2 Å². The van der Waals surface area contributed by atoms with Crippen LogP contribution in [0.15, 0.2) is 45.4 Å². The number of sulfonamides is 1. The van der Waals surface area contributed by atoms with Gasteiger partial charge >= 0.3 is 0 Å². The van der Waals surface area contributed by atoms with E-state index in [0.717, 1.165) is 0 Å². The van der Waals surface area contributed by atoms with E-state index in [1.807, 2.05) is 13.8 Å². The van der Waals surface area contributed by atoms with Crippen molar-refractivity contribution in [2.45, 2.75) is 24.8 Å². The lowest BCUT2D eigenvalue weighted by Crippen LogP contribution is -2.49. The van der Waals surface area contributed by atoms with E-state index in [1.165, 1.54) is 10.5 Å². The molecule has 0 aromatic heterocycles. The topological polar surface area (TPSA) is 119 Å². The van der Waals surface area contributed by atoms with E-state index in [0.29, 0.717) is 29.0 Å². The van der Waals surface area contributed by atoms with Gasteiger partial charge in [-0.05, 0) is 50.4 Å². The molecule has 0 radical (unpaired) electrons. The molecule has 0 bridgehead atoms. The molecule has 0 spiro atoms. The smallest absolute Gasteiger partial charge is 0.243 e. The maximum absolute atomic E-state index is 13.0. The van der Waals surface area contributed by atoms with Crippen molar-refractivity contribution < 1.29 is 13.2 Å². The Morgan fingerprint density at radius 3 is 2.45 bits per heavy atom. The number of nitrogens with one attached hydrogen (secondary N) is 4. The van der Waals surface area contributed by atoms with Crippen molar-refractivity contribution in [1.29, 1.82) is 0 Å². The summed E-state index contributed by atoms with van der Waals surface area (Å²) in [6, 6.07) is 8.28. The van der Waals surface area contributed by atoms with Crippen molar-refractivity contribution in [1.82, 2.24) is 25.8 Å². The lowest BCUT2D eigenvalue weighted by molar-refractivity contribution is 0.0389. The van der Waals surface area contributed by atoms with Crippen molar-refractivity contribution in [2.24, 2.45) is 10.2 Å². The normalized spacial score (nSPS) is 17.9. The van der Waals surface area contributed by atoms with Crippen LogP contribution in [-0.2, 0) is 14.8 Å². The molecule has 1 fully saturated rings. The minimum Gasteiger partial charge on any atom is -0.369 e. The molecule has 1 aliphatic rings. The summed E-state index contributed by atoms with van der Waals surface area (Å²) in [5, 5.41) is 14.9. The Balaban J connectivity index is 2.19. The molecule has 170 valence electrons. The molecule has 0 aliphatic carbocycles. The summed E-state index contributed by atoms with van der Waals surface area (Å²) < 4.78 is 33.2.